The number of phenolic OH excluding ortho intramolecular Hbond substituents is 2. The van der Waals surface area contributed by atoms with E-state index < -0.39 is 68.3 Å². The quantitative estimate of drug-likeness (QED) is 0.107. The first-order valence-corrected chi connectivity index (χ1v) is 13.7. The maximum atomic E-state index is 14.1. The summed E-state index contributed by atoms with van der Waals surface area (Å²) in [5, 5.41) is 84.2. The van der Waals surface area contributed by atoms with Crippen LogP contribution >= 0.6 is 0 Å². The molecule has 0 saturated carbocycles. The van der Waals surface area contributed by atoms with E-state index in [1.165, 1.54) is 34.9 Å². The Morgan fingerprint density at radius 3 is 2.14 bits per heavy atom. The summed E-state index contributed by atoms with van der Waals surface area (Å²) in [7, 11) is 0. The predicted molar refractivity (Wildman–Crippen MR) is 153 cm³/mol. The zero-order valence-electron chi connectivity index (χ0n) is 22.7. The third-order valence-electron chi connectivity index (χ3n) is 8.46. The van der Waals surface area contributed by atoms with Gasteiger partial charge in [-0.3, -0.25) is 9.59 Å². The van der Waals surface area contributed by atoms with Crippen LogP contribution < -0.4 is 5.43 Å². The van der Waals surface area contributed by atoms with E-state index in [9.17, 15) is 50.4 Å². The fourth-order valence-corrected chi connectivity index (χ4v) is 6.41. The topological polar surface area (TPSA) is 241 Å². The number of aliphatic hydroxyl groups is 6. The molecule has 3 aromatic carbocycles. The molecule has 0 unspecified atom stereocenters. The van der Waals surface area contributed by atoms with Crippen LogP contribution in [0.3, 0.4) is 0 Å². The first-order valence-electron chi connectivity index (χ1n) is 13.7. The van der Waals surface area contributed by atoms with E-state index in [0.29, 0.717) is 21.3 Å². The minimum absolute atomic E-state index is 0.0162. The summed E-state index contributed by atoms with van der Waals surface area (Å²) in [4.78, 5) is 31.2. The number of rotatable bonds is 6. The highest BCUT2D eigenvalue weighted by molar-refractivity contribution is 6.39. The van der Waals surface area contributed by atoms with Crippen molar-refractivity contribution in [1.29, 1.82) is 0 Å². The van der Waals surface area contributed by atoms with Crippen molar-refractivity contribution < 1.29 is 55.2 Å². The molecule has 4 heterocycles. The number of phenols is 2. The predicted octanol–water partition coefficient (Wildman–Crippen LogP) is -0.734. The third kappa shape index (κ3) is 3.79. The second-order valence-electron chi connectivity index (χ2n) is 11.0. The molecule has 0 bridgehead atoms. The van der Waals surface area contributed by atoms with Crippen molar-refractivity contribution in [2.75, 3.05) is 19.8 Å². The van der Waals surface area contributed by atoms with Crippen LogP contribution in [0.5, 0.6) is 11.5 Å². The minimum atomic E-state index is -1.75. The molecule has 15 nitrogen and oxygen atoms in total. The van der Waals surface area contributed by atoms with Gasteiger partial charge in [0.15, 0.2) is 6.23 Å². The highest BCUT2D eigenvalue weighted by Crippen LogP contribution is 2.47. The number of aliphatic hydroxyl groups excluding tert-OH is 6. The van der Waals surface area contributed by atoms with Gasteiger partial charge in [-0.25, -0.2) is 10.4 Å². The molecule has 2 aliphatic heterocycles. The smallest absolute Gasteiger partial charge is 0.276 e. The molecule has 10 N–H and O–H groups in total. The Balaban J connectivity index is 1.65. The summed E-state index contributed by atoms with van der Waals surface area (Å²) in [6.07, 6.45) is -7.92. The van der Waals surface area contributed by atoms with Crippen LogP contribution in [0.25, 0.3) is 43.6 Å². The van der Waals surface area contributed by atoms with Gasteiger partial charge in [-0.2, -0.15) is 0 Å². The van der Waals surface area contributed by atoms with Gasteiger partial charge in [0.05, 0.1) is 59.1 Å². The van der Waals surface area contributed by atoms with Crippen LogP contribution in [0.15, 0.2) is 36.4 Å². The van der Waals surface area contributed by atoms with Crippen LogP contribution in [0, 0.1) is 0 Å². The summed E-state index contributed by atoms with van der Waals surface area (Å²) in [5.74, 6) is -1.86. The lowest BCUT2D eigenvalue weighted by Gasteiger charge is -2.41. The number of aromatic hydroxyl groups is 2. The molecule has 2 aromatic heterocycles. The number of nitrogens with zero attached hydrogens (tertiary/aromatic N) is 2. The van der Waals surface area contributed by atoms with Crippen LogP contribution in [-0.4, -0.2) is 118 Å². The fourth-order valence-electron chi connectivity index (χ4n) is 6.41. The molecule has 7 rings (SSSR count). The number of H-pyrrole nitrogens is 1. The number of benzene rings is 3. The Kier molecular flexibility index (Phi) is 6.54. The molecule has 2 aliphatic rings. The van der Waals surface area contributed by atoms with E-state index in [2.05, 4.69) is 10.4 Å². The Labute approximate surface area is 246 Å². The van der Waals surface area contributed by atoms with Gasteiger partial charge in [-0.15, -0.1) is 0 Å². The average Bonchev–Trinajstić information content (AvgIpc) is 3.62. The molecule has 1 saturated heterocycles. The molecular weight excluding hydrogens is 580 g/mol. The number of aromatic amines is 1. The Bertz CT molecular complexity index is 2000. The SMILES string of the molecule is O=C1c2c(c3c4ccc(O)cc4n([C@H]4O[C@@H](CO)[C@H](O)[C@@H](O)[C@@H]4O)c3c3[nH]c4cc(O)ccc4c23)C(=O)N1NC(CO)CO. The van der Waals surface area contributed by atoms with Crippen molar-refractivity contribution in [3.63, 3.8) is 0 Å². The average molecular weight is 609 g/mol. The van der Waals surface area contributed by atoms with Gasteiger partial charge in [0, 0.05) is 33.7 Å². The Morgan fingerprint density at radius 1 is 0.841 bits per heavy atom. The number of hydrogen-bond donors (Lipinski definition) is 10. The van der Waals surface area contributed by atoms with Gasteiger partial charge in [0.2, 0.25) is 0 Å². The maximum Gasteiger partial charge on any atom is 0.276 e. The van der Waals surface area contributed by atoms with Gasteiger partial charge in [0.1, 0.15) is 35.9 Å². The van der Waals surface area contributed by atoms with E-state index in [4.69, 9.17) is 4.74 Å². The first kappa shape index (κ1) is 28.5. The lowest BCUT2D eigenvalue weighted by molar-refractivity contribution is -0.249. The zero-order valence-corrected chi connectivity index (χ0v) is 22.7. The number of aromatic nitrogens is 2. The molecule has 1 fully saturated rings. The number of carbonyl (C=O) groups excluding carboxylic acids is 2. The monoisotopic (exact) mass is 608 g/mol. The van der Waals surface area contributed by atoms with Crippen LogP contribution in [0.4, 0.5) is 0 Å². The van der Waals surface area contributed by atoms with Crippen molar-refractivity contribution in [2.24, 2.45) is 0 Å². The van der Waals surface area contributed by atoms with E-state index in [0.717, 1.165) is 0 Å². The van der Waals surface area contributed by atoms with Crippen LogP contribution in [0.1, 0.15) is 26.9 Å². The van der Waals surface area contributed by atoms with Crippen LogP contribution in [0.2, 0.25) is 0 Å². The summed E-state index contributed by atoms with van der Waals surface area (Å²) >= 11 is 0. The number of nitrogens with one attached hydrogen (secondary N) is 2. The molecule has 15 heteroatoms. The fraction of sp³-hybridized carbons (Fsp3) is 0.310. The Morgan fingerprint density at radius 2 is 1.48 bits per heavy atom. The number of imide groups is 1. The lowest BCUT2D eigenvalue weighted by Crippen LogP contribution is -2.56. The molecule has 2 amide bonds. The second-order valence-corrected chi connectivity index (χ2v) is 11.0. The molecule has 0 spiro atoms. The van der Waals surface area contributed by atoms with Crippen molar-refractivity contribution in [2.45, 2.75) is 36.7 Å². The standard InChI is InChI=1S/C29H28N4O11/c34-7-10(8-35)31-33-27(42)20-18-13-3-1-11(37)5-15(13)30-22(18)23-19(21(20)28(33)43)14-4-2-12(38)6-16(14)32(23)29-26(41)25(40)24(39)17(9-36)44-29/h1-6,10,17,24-26,29-31,34-41H,7-9H2/t17-,24-,25+,26-,29-/m0/s1. The number of amides is 2. The zero-order chi connectivity index (χ0) is 31.2. The van der Waals surface area contributed by atoms with Crippen LogP contribution in [-0.2, 0) is 4.74 Å². The third-order valence-corrected chi connectivity index (χ3v) is 8.46. The molecule has 230 valence electrons. The largest absolute Gasteiger partial charge is 0.508 e. The number of hydrazine groups is 1. The maximum absolute atomic E-state index is 14.1. The minimum Gasteiger partial charge on any atom is -0.508 e. The van der Waals surface area contributed by atoms with Crippen molar-refractivity contribution >= 4 is 55.4 Å². The number of ether oxygens (including phenoxy) is 1. The molecule has 44 heavy (non-hydrogen) atoms. The molecule has 0 radical (unpaired) electrons. The van der Waals surface area contributed by atoms with Gasteiger partial charge < -0.3 is 55.1 Å². The van der Waals surface area contributed by atoms with Crippen molar-refractivity contribution in [3.05, 3.63) is 47.5 Å². The van der Waals surface area contributed by atoms with Crippen molar-refractivity contribution in [3.8, 4) is 11.5 Å². The summed E-state index contributed by atoms with van der Waals surface area (Å²) in [6.45, 7) is -1.88. The summed E-state index contributed by atoms with van der Waals surface area (Å²) in [6, 6.07) is 7.55. The molecule has 5 atom stereocenters. The summed E-state index contributed by atoms with van der Waals surface area (Å²) < 4.78 is 7.35. The van der Waals surface area contributed by atoms with E-state index >= 15 is 0 Å². The first-order chi connectivity index (χ1) is 21.1. The Hall–Kier alpha value is -4.32. The number of carbonyl (C=O) groups is 2. The second kappa shape index (κ2) is 10.1. The van der Waals surface area contributed by atoms with E-state index in [1.54, 1.807) is 6.07 Å². The van der Waals surface area contributed by atoms with Gasteiger partial charge >= 0.3 is 0 Å². The normalized spacial score (nSPS) is 24.2. The molecular formula is C29H28N4O11. The molecule has 0 aliphatic carbocycles. The number of hydrogen-bond acceptors (Lipinski definition) is 12. The van der Waals surface area contributed by atoms with Gasteiger partial charge in [-0.1, -0.05) is 0 Å². The highest BCUT2D eigenvalue weighted by atomic mass is 16.6. The number of fused-ring (bicyclic) bond motifs is 10. The van der Waals surface area contributed by atoms with E-state index in [1.807, 2.05) is 0 Å². The van der Waals surface area contributed by atoms with E-state index in [-0.39, 0.29) is 49.9 Å². The lowest BCUT2D eigenvalue weighted by atomic mass is 9.96. The van der Waals surface area contributed by atoms with Gasteiger partial charge in [0.25, 0.3) is 11.8 Å². The molecule has 5 aromatic rings. The highest BCUT2D eigenvalue weighted by Gasteiger charge is 2.47. The van der Waals surface area contributed by atoms with Crippen molar-refractivity contribution in [1.82, 2.24) is 20.0 Å². The van der Waals surface area contributed by atoms with Gasteiger partial charge in [-0.05, 0) is 24.3 Å². The summed E-state index contributed by atoms with van der Waals surface area (Å²) in [5.41, 5.74) is 3.60.